The van der Waals surface area contributed by atoms with Gasteiger partial charge in [0.25, 0.3) is 0 Å². The average molecular weight is 383 g/mol. The van der Waals surface area contributed by atoms with Gasteiger partial charge in [0.05, 0.1) is 26.2 Å². The van der Waals surface area contributed by atoms with Gasteiger partial charge in [0, 0.05) is 18.0 Å². The van der Waals surface area contributed by atoms with Crippen molar-refractivity contribution in [3.05, 3.63) is 65.5 Å². The van der Waals surface area contributed by atoms with Crippen LogP contribution in [0.3, 0.4) is 0 Å². The van der Waals surface area contributed by atoms with Crippen molar-refractivity contribution in [2.45, 2.75) is 38.8 Å². The van der Waals surface area contributed by atoms with Crippen molar-refractivity contribution in [2.75, 3.05) is 19.8 Å². The molecule has 5 heteroatoms. The molecule has 148 valence electrons. The highest BCUT2D eigenvalue weighted by molar-refractivity contribution is 5.79. The van der Waals surface area contributed by atoms with E-state index in [1.807, 2.05) is 29.2 Å². The number of halogens is 1. The molecule has 1 amide bonds. The molecule has 1 saturated heterocycles. The molecule has 0 atom stereocenters. The highest BCUT2D eigenvalue weighted by Gasteiger charge is 2.34. The third-order valence-corrected chi connectivity index (χ3v) is 5.34. The van der Waals surface area contributed by atoms with Crippen molar-refractivity contribution in [1.82, 2.24) is 4.90 Å². The molecule has 0 radical (unpaired) electrons. The molecule has 0 bridgehead atoms. The van der Waals surface area contributed by atoms with Crippen LogP contribution in [0.1, 0.15) is 30.9 Å². The second-order valence-corrected chi connectivity index (χ2v) is 8.29. The number of rotatable bonds is 8. The Bertz CT molecular complexity index is 811. The van der Waals surface area contributed by atoms with E-state index in [1.165, 1.54) is 12.1 Å². The Balaban J connectivity index is 1.35. The Morgan fingerprint density at radius 2 is 1.75 bits per heavy atom. The third kappa shape index (κ3) is 4.71. The zero-order valence-electron chi connectivity index (χ0n) is 16.2. The van der Waals surface area contributed by atoms with Crippen LogP contribution in [0.4, 0.5) is 4.39 Å². The Labute approximate surface area is 165 Å². The van der Waals surface area contributed by atoms with Crippen molar-refractivity contribution in [3.63, 3.8) is 0 Å². The van der Waals surface area contributed by atoms with E-state index < -0.39 is 0 Å². The lowest BCUT2D eigenvalue weighted by Crippen LogP contribution is -2.44. The highest BCUT2D eigenvalue weighted by atomic mass is 19.1. The minimum atomic E-state index is -0.281. The number of nitrogens with zero attached hydrogens (tertiary/aromatic N) is 1. The highest BCUT2D eigenvalue weighted by Crippen LogP contribution is 2.30. The van der Waals surface area contributed by atoms with E-state index in [1.54, 1.807) is 12.1 Å². The molecule has 0 N–H and O–H groups in total. The first-order valence-corrected chi connectivity index (χ1v) is 9.84. The summed E-state index contributed by atoms with van der Waals surface area (Å²) in [5, 5.41) is 0. The van der Waals surface area contributed by atoms with Crippen LogP contribution in [0.2, 0.25) is 0 Å². The molecule has 1 aliphatic carbocycles. The Morgan fingerprint density at radius 1 is 1.11 bits per heavy atom. The van der Waals surface area contributed by atoms with Gasteiger partial charge in [-0.1, -0.05) is 31.2 Å². The first-order valence-electron chi connectivity index (χ1n) is 9.84. The maximum atomic E-state index is 13.1. The molecule has 0 unspecified atom stereocenters. The molecular formula is C23H26FNO3. The Kier molecular flexibility index (Phi) is 5.36. The summed E-state index contributed by atoms with van der Waals surface area (Å²) in [5.41, 5.74) is 2.05. The lowest BCUT2D eigenvalue weighted by Gasteiger charge is -2.37. The van der Waals surface area contributed by atoms with Gasteiger partial charge in [-0.15, -0.1) is 0 Å². The van der Waals surface area contributed by atoms with Crippen LogP contribution < -0.4 is 4.74 Å². The molecule has 2 aromatic carbocycles. The zero-order chi connectivity index (χ0) is 19.6. The van der Waals surface area contributed by atoms with Gasteiger partial charge in [-0.3, -0.25) is 4.79 Å². The lowest BCUT2D eigenvalue weighted by atomic mass is 9.90. The summed E-state index contributed by atoms with van der Waals surface area (Å²) in [7, 11) is 0. The van der Waals surface area contributed by atoms with Crippen molar-refractivity contribution < 1.29 is 18.7 Å². The monoisotopic (exact) mass is 383 g/mol. The van der Waals surface area contributed by atoms with Crippen LogP contribution in [0.5, 0.6) is 5.75 Å². The maximum absolute atomic E-state index is 13.1. The fourth-order valence-electron chi connectivity index (χ4n) is 3.36. The molecule has 28 heavy (non-hydrogen) atoms. The molecule has 1 saturated carbocycles. The summed E-state index contributed by atoms with van der Waals surface area (Å²) in [6.07, 6.45) is 2.41. The molecule has 0 aromatic heterocycles. The van der Waals surface area contributed by atoms with Gasteiger partial charge in [0.1, 0.15) is 11.6 Å². The smallest absolute Gasteiger partial charge is 0.227 e. The number of benzene rings is 2. The molecule has 0 spiro atoms. The fourth-order valence-corrected chi connectivity index (χ4v) is 3.36. The number of hydrogen-bond donors (Lipinski definition) is 0. The second kappa shape index (κ2) is 7.92. The topological polar surface area (TPSA) is 38.8 Å². The SMILES string of the molecule is CC1(COc2ccc(CN(C(=O)Cc3ccc(F)cc3)C3CC3)cc2)COC1. The first kappa shape index (κ1) is 18.9. The number of amides is 1. The van der Waals surface area contributed by atoms with Gasteiger partial charge < -0.3 is 14.4 Å². The maximum Gasteiger partial charge on any atom is 0.227 e. The molecule has 2 fully saturated rings. The van der Waals surface area contributed by atoms with Crippen molar-refractivity contribution in [2.24, 2.45) is 5.41 Å². The lowest BCUT2D eigenvalue weighted by molar-refractivity contribution is -0.131. The Hall–Kier alpha value is -2.40. The van der Waals surface area contributed by atoms with Gasteiger partial charge in [-0.05, 0) is 48.2 Å². The number of carbonyl (C=O) groups excluding carboxylic acids is 1. The van der Waals surface area contributed by atoms with Gasteiger partial charge in [-0.25, -0.2) is 4.39 Å². The van der Waals surface area contributed by atoms with E-state index in [9.17, 15) is 9.18 Å². The van der Waals surface area contributed by atoms with Gasteiger partial charge >= 0.3 is 0 Å². The standard InChI is InChI=1S/C23H26FNO3/c1-23(14-27-15-23)16-28-21-10-4-18(5-11-21)13-25(20-8-9-20)22(26)12-17-2-6-19(24)7-3-17/h2-7,10-11,20H,8-9,12-16H2,1H3. The van der Waals surface area contributed by atoms with Gasteiger partial charge in [0.2, 0.25) is 5.91 Å². The van der Waals surface area contributed by atoms with Crippen LogP contribution in [-0.4, -0.2) is 36.7 Å². The number of carbonyl (C=O) groups is 1. The largest absolute Gasteiger partial charge is 0.493 e. The summed E-state index contributed by atoms with van der Waals surface area (Å²) in [4.78, 5) is 14.7. The second-order valence-electron chi connectivity index (χ2n) is 8.29. The van der Waals surface area contributed by atoms with E-state index in [0.29, 0.717) is 25.6 Å². The van der Waals surface area contributed by atoms with Crippen LogP contribution in [-0.2, 0) is 22.5 Å². The van der Waals surface area contributed by atoms with E-state index in [2.05, 4.69) is 6.92 Å². The Morgan fingerprint density at radius 3 is 2.32 bits per heavy atom. The predicted molar refractivity (Wildman–Crippen MR) is 105 cm³/mol. The average Bonchev–Trinajstić information content (AvgIpc) is 3.50. The summed E-state index contributed by atoms with van der Waals surface area (Å²) < 4.78 is 24.2. The van der Waals surface area contributed by atoms with E-state index >= 15 is 0 Å². The minimum Gasteiger partial charge on any atom is -0.493 e. The molecule has 4 rings (SSSR count). The minimum absolute atomic E-state index is 0.0901. The van der Waals surface area contributed by atoms with Crippen LogP contribution in [0.15, 0.2) is 48.5 Å². The molecule has 2 aromatic rings. The number of hydrogen-bond acceptors (Lipinski definition) is 3. The van der Waals surface area contributed by atoms with E-state index in [-0.39, 0.29) is 17.1 Å². The first-order chi connectivity index (χ1) is 13.5. The van der Waals surface area contributed by atoms with E-state index in [4.69, 9.17) is 9.47 Å². The van der Waals surface area contributed by atoms with Gasteiger partial charge in [-0.2, -0.15) is 0 Å². The summed E-state index contributed by atoms with van der Waals surface area (Å²) in [5.74, 6) is 0.649. The van der Waals surface area contributed by atoms with E-state index in [0.717, 1.165) is 42.9 Å². The van der Waals surface area contributed by atoms with Crippen molar-refractivity contribution >= 4 is 5.91 Å². The molecule has 1 heterocycles. The summed E-state index contributed by atoms with van der Waals surface area (Å²) in [6, 6.07) is 14.5. The van der Waals surface area contributed by atoms with Gasteiger partial charge in [0.15, 0.2) is 0 Å². The fraction of sp³-hybridized carbons (Fsp3) is 0.435. The molecule has 2 aliphatic rings. The van der Waals surface area contributed by atoms with Crippen LogP contribution in [0, 0.1) is 11.2 Å². The molecule has 1 aliphatic heterocycles. The van der Waals surface area contributed by atoms with Crippen LogP contribution >= 0.6 is 0 Å². The van der Waals surface area contributed by atoms with Crippen molar-refractivity contribution in [1.29, 1.82) is 0 Å². The summed E-state index contributed by atoms with van der Waals surface area (Å²) >= 11 is 0. The third-order valence-electron chi connectivity index (χ3n) is 5.34. The molecule has 4 nitrogen and oxygen atoms in total. The zero-order valence-corrected chi connectivity index (χ0v) is 16.2. The number of ether oxygens (including phenoxy) is 2. The van der Waals surface area contributed by atoms with Crippen LogP contribution in [0.25, 0.3) is 0 Å². The predicted octanol–water partition coefficient (Wildman–Crippen LogP) is 3.97. The molecular weight excluding hydrogens is 357 g/mol. The normalized spacial score (nSPS) is 17.6. The quantitative estimate of drug-likeness (QED) is 0.692. The summed E-state index contributed by atoms with van der Waals surface area (Å²) in [6.45, 7) is 4.90. The van der Waals surface area contributed by atoms with Crippen molar-refractivity contribution in [3.8, 4) is 5.75 Å².